The molecule has 1 aromatic heterocycles. The smallest absolute Gasteiger partial charge is 0.236 e. The Balaban J connectivity index is 2.12. The fourth-order valence-electron chi connectivity index (χ4n) is 1.66. The molecule has 1 aromatic rings. The Hall–Kier alpha value is -0.520. The summed E-state index contributed by atoms with van der Waals surface area (Å²) >= 11 is 5.85. The van der Waals surface area contributed by atoms with Crippen molar-refractivity contribution in [3.05, 3.63) is 23.0 Å². The van der Waals surface area contributed by atoms with Gasteiger partial charge in [-0.3, -0.25) is 0 Å². The molecule has 0 amide bonds. The van der Waals surface area contributed by atoms with E-state index in [1.54, 1.807) is 12.3 Å². The molecule has 1 aliphatic rings. The fraction of sp³-hybridized carbons (Fsp3) is 0.600. The monoisotopic (exact) mass is 262 g/mol. The molecular weight excluding hydrogens is 248 g/mol. The number of hydrogen-bond acceptors (Lipinski definition) is 3. The highest BCUT2D eigenvalue weighted by Crippen LogP contribution is 2.36. The van der Waals surface area contributed by atoms with Gasteiger partial charge in [-0.15, -0.1) is 0 Å². The second kappa shape index (κ2) is 3.75. The number of halogens is 1. The van der Waals surface area contributed by atoms with Gasteiger partial charge in [-0.05, 0) is 37.3 Å². The Kier molecular flexibility index (Phi) is 2.80. The summed E-state index contributed by atoms with van der Waals surface area (Å²) in [5.74, 6) is 0. The van der Waals surface area contributed by atoms with Gasteiger partial charge in [0.1, 0.15) is 5.15 Å². The van der Waals surface area contributed by atoms with Gasteiger partial charge in [-0.25, -0.2) is 12.4 Å². The fourth-order valence-corrected chi connectivity index (χ4v) is 2.92. The molecule has 2 rings (SSSR count). The maximum Gasteiger partial charge on any atom is 0.236 e. The summed E-state index contributed by atoms with van der Waals surface area (Å²) in [5.41, 5.74) is 6.88. The van der Waals surface area contributed by atoms with Crippen LogP contribution < -0.4 is 5.73 Å². The molecule has 0 unspecified atom stereocenters. The highest BCUT2D eigenvalue weighted by Gasteiger charge is 2.37. The Morgan fingerprint density at radius 2 is 2.19 bits per heavy atom. The summed E-state index contributed by atoms with van der Waals surface area (Å²) in [4.78, 5) is 0. The van der Waals surface area contributed by atoms with Crippen molar-refractivity contribution in [2.45, 2.75) is 31.2 Å². The molecule has 1 aliphatic carbocycles. The van der Waals surface area contributed by atoms with Gasteiger partial charge in [0.05, 0.1) is 6.26 Å². The Bertz CT molecular complexity index is 503. The third-order valence-corrected chi connectivity index (χ3v) is 4.37. The quantitative estimate of drug-likeness (QED) is 0.891. The number of aromatic nitrogens is 1. The van der Waals surface area contributed by atoms with Crippen LogP contribution in [0.5, 0.6) is 0 Å². The van der Waals surface area contributed by atoms with E-state index < -0.39 is 10.0 Å². The van der Waals surface area contributed by atoms with E-state index in [9.17, 15) is 8.42 Å². The normalized spacial score (nSPS) is 18.7. The maximum absolute atomic E-state index is 11.3. The van der Waals surface area contributed by atoms with Crippen LogP contribution in [-0.4, -0.2) is 24.2 Å². The van der Waals surface area contributed by atoms with Crippen molar-refractivity contribution in [2.75, 3.05) is 6.26 Å². The van der Waals surface area contributed by atoms with E-state index in [4.69, 9.17) is 17.3 Å². The van der Waals surface area contributed by atoms with Crippen molar-refractivity contribution >= 4 is 21.6 Å². The van der Waals surface area contributed by atoms with Crippen LogP contribution in [-0.2, 0) is 16.4 Å². The maximum atomic E-state index is 11.3. The third kappa shape index (κ3) is 2.59. The number of rotatable bonds is 4. The van der Waals surface area contributed by atoms with Crippen LogP contribution in [0.2, 0.25) is 5.15 Å². The largest absolute Gasteiger partial charge is 0.325 e. The lowest BCUT2D eigenvalue weighted by Gasteiger charge is -2.05. The summed E-state index contributed by atoms with van der Waals surface area (Å²) in [6, 6.07) is 1.69. The molecule has 1 heterocycles. The zero-order valence-corrected chi connectivity index (χ0v) is 10.7. The number of nitrogens with two attached hydrogens (primary N) is 1. The molecular formula is C10H15ClN2O2S. The van der Waals surface area contributed by atoms with Crippen LogP contribution in [0, 0.1) is 0 Å². The molecule has 0 spiro atoms. The Labute approximate surface area is 100 Å². The lowest BCUT2D eigenvalue weighted by atomic mass is 10.1. The van der Waals surface area contributed by atoms with E-state index in [-0.39, 0.29) is 10.7 Å². The zero-order valence-electron chi connectivity index (χ0n) is 9.11. The van der Waals surface area contributed by atoms with Crippen LogP contribution >= 0.6 is 11.6 Å². The summed E-state index contributed by atoms with van der Waals surface area (Å²) in [6.07, 6.45) is 6.49. The minimum absolute atomic E-state index is 0.0142. The van der Waals surface area contributed by atoms with Gasteiger partial charge in [0.2, 0.25) is 10.0 Å². The van der Waals surface area contributed by atoms with Crippen LogP contribution in [0.1, 0.15) is 24.8 Å². The Morgan fingerprint density at radius 1 is 1.56 bits per heavy atom. The third-order valence-electron chi connectivity index (χ3n) is 2.96. The second-order valence-corrected chi connectivity index (χ2v) is 6.84. The first kappa shape index (κ1) is 12.0. The molecule has 6 heteroatoms. The lowest BCUT2D eigenvalue weighted by Crippen LogP contribution is -2.21. The van der Waals surface area contributed by atoms with E-state index in [1.807, 2.05) is 0 Å². The van der Waals surface area contributed by atoms with Crippen LogP contribution in [0.15, 0.2) is 12.3 Å². The van der Waals surface area contributed by atoms with Gasteiger partial charge in [0, 0.05) is 11.7 Å². The minimum atomic E-state index is -3.30. The predicted octanol–water partition coefficient (Wildman–Crippen LogP) is 1.37. The molecule has 90 valence electrons. The molecule has 16 heavy (non-hydrogen) atoms. The zero-order chi connectivity index (χ0) is 12.0. The van der Waals surface area contributed by atoms with Gasteiger partial charge >= 0.3 is 0 Å². The molecule has 1 fully saturated rings. The van der Waals surface area contributed by atoms with E-state index in [0.717, 1.165) is 41.5 Å². The molecule has 2 N–H and O–H groups in total. The molecule has 0 saturated heterocycles. The molecule has 0 aromatic carbocycles. The first-order valence-electron chi connectivity index (χ1n) is 5.16. The van der Waals surface area contributed by atoms with Crippen molar-refractivity contribution < 1.29 is 8.42 Å². The van der Waals surface area contributed by atoms with Crippen molar-refractivity contribution in [3.8, 4) is 0 Å². The molecule has 0 bridgehead atoms. The average Bonchev–Trinajstić information content (AvgIpc) is 2.73. The molecule has 0 aliphatic heterocycles. The standard InChI is InChI=1S/C10H15ClN2O2S/c1-16(14,15)13-7-8(6-9(13)11)2-3-10(12)4-5-10/h6-7H,2-5,12H2,1H3. The minimum Gasteiger partial charge on any atom is -0.325 e. The van der Waals surface area contributed by atoms with Gasteiger partial charge in [0.15, 0.2) is 0 Å². The summed E-state index contributed by atoms with van der Waals surface area (Å²) in [6.45, 7) is 0. The SMILES string of the molecule is CS(=O)(=O)n1cc(CCC2(N)CC2)cc1Cl. The van der Waals surface area contributed by atoms with Gasteiger partial charge < -0.3 is 5.73 Å². The highest BCUT2D eigenvalue weighted by atomic mass is 35.5. The summed E-state index contributed by atoms with van der Waals surface area (Å²) < 4.78 is 23.8. The van der Waals surface area contributed by atoms with E-state index in [0.29, 0.717) is 0 Å². The van der Waals surface area contributed by atoms with Crippen LogP contribution in [0.25, 0.3) is 0 Å². The number of hydrogen-bond donors (Lipinski definition) is 1. The molecule has 1 saturated carbocycles. The first-order chi connectivity index (χ1) is 7.30. The van der Waals surface area contributed by atoms with E-state index in [1.165, 1.54) is 0 Å². The van der Waals surface area contributed by atoms with Gasteiger partial charge in [-0.1, -0.05) is 11.6 Å². The van der Waals surface area contributed by atoms with Crippen molar-refractivity contribution in [1.82, 2.24) is 3.97 Å². The average molecular weight is 263 g/mol. The summed E-state index contributed by atoms with van der Waals surface area (Å²) in [5, 5.41) is 0.236. The van der Waals surface area contributed by atoms with Crippen LogP contribution in [0.3, 0.4) is 0 Å². The van der Waals surface area contributed by atoms with Gasteiger partial charge in [-0.2, -0.15) is 0 Å². The number of aryl methyl sites for hydroxylation is 1. The van der Waals surface area contributed by atoms with Crippen molar-refractivity contribution in [2.24, 2.45) is 5.73 Å². The highest BCUT2D eigenvalue weighted by molar-refractivity contribution is 7.89. The van der Waals surface area contributed by atoms with Gasteiger partial charge in [0.25, 0.3) is 0 Å². The van der Waals surface area contributed by atoms with Crippen molar-refractivity contribution in [3.63, 3.8) is 0 Å². The predicted molar refractivity (Wildman–Crippen MR) is 64.2 cm³/mol. The molecule has 4 nitrogen and oxygen atoms in total. The van der Waals surface area contributed by atoms with E-state index in [2.05, 4.69) is 0 Å². The topological polar surface area (TPSA) is 65.1 Å². The first-order valence-corrected chi connectivity index (χ1v) is 7.39. The lowest BCUT2D eigenvalue weighted by molar-refractivity contribution is 0.593. The summed E-state index contributed by atoms with van der Waals surface area (Å²) in [7, 11) is -3.30. The van der Waals surface area contributed by atoms with Crippen LogP contribution in [0.4, 0.5) is 0 Å². The van der Waals surface area contributed by atoms with Crippen molar-refractivity contribution in [1.29, 1.82) is 0 Å². The van der Waals surface area contributed by atoms with E-state index >= 15 is 0 Å². The molecule has 0 atom stereocenters. The second-order valence-electron chi connectivity index (χ2n) is 4.59. The molecule has 0 radical (unpaired) electrons. The Morgan fingerprint density at radius 3 is 2.62 bits per heavy atom. The number of nitrogens with zero attached hydrogens (tertiary/aromatic N) is 1.